The molecule has 33 heavy (non-hydrogen) atoms. The third-order valence-electron chi connectivity index (χ3n) is 7.50. The summed E-state index contributed by atoms with van der Waals surface area (Å²) in [6, 6.07) is 9.59. The smallest absolute Gasteiger partial charge is 0.250 e. The number of aromatic nitrogens is 1. The molecule has 1 aliphatic heterocycles. The van der Waals surface area contributed by atoms with Crippen molar-refractivity contribution in [1.82, 2.24) is 9.88 Å². The van der Waals surface area contributed by atoms with Crippen molar-refractivity contribution < 1.29 is 14.0 Å². The van der Waals surface area contributed by atoms with Crippen molar-refractivity contribution in [2.45, 2.75) is 57.8 Å². The van der Waals surface area contributed by atoms with Crippen molar-refractivity contribution >= 4 is 11.7 Å². The Hall–Kier alpha value is -2.60. The minimum Gasteiger partial charge on any atom is -0.366 e. The van der Waals surface area contributed by atoms with Gasteiger partial charge in [0.15, 0.2) is 5.78 Å². The molecule has 0 atom stereocenters. The number of ketones is 1. The van der Waals surface area contributed by atoms with E-state index in [0.717, 1.165) is 69.5 Å². The maximum absolute atomic E-state index is 13.1. The highest BCUT2D eigenvalue weighted by atomic mass is 19.1. The summed E-state index contributed by atoms with van der Waals surface area (Å²) in [5, 5.41) is 0. The standard InChI is InChI=1S/C27H34FN3O2/c1-18-2-11-24(27(29)33)25(30-18)20-5-3-19(4-6-20)12-15-31-16-13-22(14-17-31)26(32)21-7-9-23(28)10-8-21/h2,7-11,19-20,22H,3-6,12-17H2,1H3,(H2,29,33). The van der Waals surface area contributed by atoms with Gasteiger partial charge in [0.25, 0.3) is 5.91 Å². The fourth-order valence-electron chi connectivity index (χ4n) is 5.45. The summed E-state index contributed by atoms with van der Waals surface area (Å²) in [5.74, 6) is 0.509. The Morgan fingerprint density at radius 1 is 1.00 bits per heavy atom. The Morgan fingerprint density at radius 2 is 1.67 bits per heavy atom. The van der Waals surface area contributed by atoms with Gasteiger partial charge in [-0.25, -0.2) is 4.39 Å². The molecule has 1 aliphatic carbocycles. The molecule has 0 radical (unpaired) electrons. The minimum absolute atomic E-state index is 0.0448. The van der Waals surface area contributed by atoms with E-state index in [1.807, 2.05) is 19.1 Å². The van der Waals surface area contributed by atoms with E-state index >= 15 is 0 Å². The van der Waals surface area contributed by atoms with Gasteiger partial charge in [-0.05, 0) is 114 Å². The van der Waals surface area contributed by atoms with Gasteiger partial charge in [0.05, 0.1) is 11.3 Å². The number of hydrogen-bond donors (Lipinski definition) is 1. The normalized spacial score (nSPS) is 22.2. The van der Waals surface area contributed by atoms with E-state index in [0.29, 0.717) is 23.0 Å². The summed E-state index contributed by atoms with van der Waals surface area (Å²) in [4.78, 5) is 31.6. The Morgan fingerprint density at radius 3 is 2.30 bits per heavy atom. The fourth-order valence-corrected chi connectivity index (χ4v) is 5.45. The van der Waals surface area contributed by atoms with Crippen LogP contribution in [0.1, 0.15) is 83.0 Å². The fraction of sp³-hybridized carbons (Fsp3) is 0.519. The van der Waals surface area contributed by atoms with Gasteiger partial charge in [-0.3, -0.25) is 14.6 Å². The van der Waals surface area contributed by atoms with Crippen LogP contribution in [-0.4, -0.2) is 41.2 Å². The molecule has 2 aliphatic rings. The molecule has 1 aromatic carbocycles. The molecule has 4 rings (SSSR count). The van der Waals surface area contributed by atoms with Crippen LogP contribution >= 0.6 is 0 Å². The lowest BCUT2D eigenvalue weighted by molar-refractivity contribution is 0.0832. The van der Waals surface area contributed by atoms with Gasteiger partial charge < -0.3 is 10.6 Å². The number of benzene rings is 1. The number of hydrogen-bond acceptors (Lipinski definition) is 4. The van der Waals surface area contributed by atoms with Gasteiger partial charge in [0, 0.05) is 23.1 Å². The number of rotatable bonds is 7. The lowest BCUT2D eigenvalue weighted by Crippen LogP contribution is -2.37. The molecule has 2 heterocycles. The molecule has 2 aromatic rings. The Labute approximate surface area is 195 Å². The first-order chi connectivity index (χ1) is 15.9. The summed E-state index contributed by atoms with van der Waals surface area (Å²) < 4.78 is 13.1. The first-order valence-corrected chi connectivity index (χ1v) is 12.2. The highest BCUT2D eigenvalue weighted by Gasteiger charge is 2.29. The average molecular weight is 452 g/mol. The molecule has 2 N–H and O–H groups in total. The van der Waals surface area contributed by atoms with Crippen molar-refractivity contribution in [2.24, 2.45) is 17.6 Å². The van der Waals surface area contributed by atoms with Crippen molar-refractivity contribution in [3.8, 4) is 0 Å². The molecular weight excluding hydrogens is 417 g/mol. The summed E-state index contributed by atoms with van der Waals surface area (Å²) >= 11 is 0. The van der Waals surface area contributed by atoms with Crippen LogP contribution in [0.2, 0.25) is 0 Å². The van der Waals surface area contributed by atoms with Crippen LogP contribution in [0.3, 0.4) is 0 Å². The van der Waals surface area contributed by atoms with E-state index in [1.165, 1.54) is 18.6 Å². The Balaban J connectivity index is 1.21. The zero-order chi connectivity index (χ0) is 23.4. The van der Waals surface area contributed by atoms with Crippen LogP contribution in [0.25, 0.3) is 0 Å². The van der Waals surface area contributed by atoms with Gasteiger partial charge in [0.2, 0.25) is 0 Å². The first-order valence-electron chi connectivity index (χ1n) is 12.2. The SMILES string of the molecule is Cc1ccc(C(N)=O)c(C2CCC(CCN3CCC(C(=O)c4ccc(F)cc4)CC3)CC2)n1. The van der Waals surface area contributed by atoms with Crippen molar-refractivity contribution in [3.05, 3.63) is 64.7 Å². The largest absolute Gasteiger partial charge is 0.366 e. The van der Waals surface area contributed by atoms with Crippen LogP contribution in [0.15, 0.2) is 36.4 Å². The van der Waals surface area contributed by atoms with Crippen LogP contribution in [-0.2, 0) is 0 Å². The van der Waals surface area contributed by atoms with Crippen LogP contribution in [0, 0.1) is 24.6 Å². The molecule has 1 amide bonds. The second-order valence-corrected chi connectivity index (χ2v) is 9.74. The summed E-state index contributed by atoms with van der Waals surface area (Å²) in [6.07, 6.45) is 7.32. The number of Topliss-reactive ketones (excluding diaryl/α,β-unsaturated/α-hetero) is 1. The summed E-state index contributed by atoms with van der Waals surface area (Å²) in [7, 11) is 0. The highest BCUT2D eigenvalue weighted by Crippen LogP contribution is 2.38. The minimum atomic E-state index is -0.388. The molecule has 0 bridgehead atoms. The van der Waals surface area contributed by atoms with Gasteiger partial charge >= 0.3 is 0 Å². The molecule has 6 heteroatoms. The number of carbonyl (C=O) groups excluding carboxylic acids is 2. The number of amides is 1. The van der Waals surface area contributed by atoms with Crippen LogP contribution < -0.4 is 5.73 Å². The second-order valence-electron chi connectivity index (χ2n) is 9.74. The summed E-state index contributed by atoms with van der Waals surface area (Å²) in [5.41, 5.74) is 8.58. The zero-order valence-corrected chi connectivity index (χ0v) is 19.4. The summed E-state index contributed by atoms with van der Waals surface area (Å²) in [6.45, 7) is 4.92. The van der Waals surface area contributed by atoms with Crippen LogP contribution in [0.4, 0.5) is 4.39 Å². The van der Waals surface area contributed by atoms with Crippen LogP contribution in [0.5, 0.6) is 0 Å². The Kier molecular flexibility index (Phi) is 7.53. The monoisotopic (exact) mass is 451 g/mol. The number of piperidine rings is 1. The predicted octanol–water partition coefficient (Wildman–Crippen LogP) is 4.89. The van der Waals surface area contributed by atoms with E-state index in [-0.39, 0.29) is 23.4 Å². The maximum Gasteiger partial charge on any atom is 0.250 e. The molecule has 1 saturated heterocycles. The molecule has 0 spiro atoms. The van der Waals surface area contributed by atoms with Gasteiger partial charge in [-0.15, -0.1) is 0 Å². The van der Waals surface area contributed by atoms with Crippen molar-refractivity contribution in [3.63, 3.8) is 0 Å². The van der Waals surface area contributed by atoms with Crippen molar-refractivity contribution in [1.29, 1.82) is 0 Å². The number of pyridine rings is 1. The van der Waals surface area contributed by atoms with E-state index in [1.54, 1.807) is 12.1 Å². The lowest BCUT2D eigenvalue weighted by atomic mass is 9.78. The van der Waals surface area contributed by atoms with Gasteiger partial charge in [-0.1, -0.05) is 0 Å². The van der Waals surface area contributed by atoms with E-state index < -0.39 is 0 Å². The third kappa shape index (κ3) is 5.85. The molecule has 2 fully saturated rings. The quantitative estimate of drug-likeness (QED) is 0.608. The topological polar surface area (TPSA) is 76.3 Å². The number of halogens is 1. The molecule has 1 saturated carbocycles. The molecule has 176 valence electrons. The molecule has 5 nitrogen and oxygen atoms in total. The zero-order valence-electron chi connectivity index (χ0n) is 19.4. The second kappa shape index (κ2) is 10.6. The molecule has 0 unspecified atom stereocenters. The number of likely N-dealkylation sites (tertiary alicyclic amines) is 1. The van der Waals surface area contributed by atoms with E-state index in [2.05, 4.69) is 9.88 Å². The average Bonchev–Trinajstić information content (AvgIpc) is 2.83. The Bertz CT molecular complexity index is 975. The van der Waals surface area contributed by atoms with E-state index in [9.17, 15) is 14.0 Å². The number of primary amides is 1. The number of carbonyl (C=O) groups is 2. The third-order valence-corrected chi connectivity index (χ3v) is 7.50. The van der Waals surface area contributed by atoms with E-state index in [4.69, 9.17) is 5.73 Å². The number of nitrogens with two attached hydrogens (primary N) is 1. The highest BCUT2D eigenvalue weighted by molar-refractivity contribution is 5.97. The number of nitrogens with zero attached hydrogens (tertiary/aromatic N) is 2. The van der Waals surface area contributed by atoms with Crippen molar-refractivity contribution in [2.75, 3.05) is 19.6 Å². The predicted molar refractivity (Wildman–Crippen MR) is 127 cm³/mol. The molecular formula is C27H34FN3O2. The van der Waals surface area contributed by atoms with Gasteiger partial charge in [0.1, 0.15) is 5.82 Å². The number of aryl methyl sites for hydroxylation is 1. The maximum atomic E-state index is 13.1. The van der Waals surface area contributed by atoms with Gasteiger partial charge in [-0.2, -0.15) is 0 Å². The first kappa shape index (κ1) is 23.6. The molecule has 1 aromatic heterocycles. The lowest BCUT2D eigenvalue weighted by Gasteiger charge is -2.34.